The molecule has 1 heterocycles. The molecule has 0 fully saturated rings. The minimum atomic E-state index is -0.296. The summed E-state index contributed by atoms with van der Waals surface area (Å²) >= 11 is 0. The third kappa shape index (κ3) is 3.70. The van der Waals surface area contributed by atoms with Gasteiger partial charge in [0.25, 0.3) is 0 Å². The molecule has 4 rings (SSSR count). The van der Waals surface area contributed by atoms with E-state index in [9.17, 15) is 0 Å². The lowest BCUT2D eigenvalue weighted by atomic mass is 10.1. The van der Waals surface area contributed by atoms with E-state index in [4.69, 9.17) is 9.15 Å². The van der Waals surface area contributed by atoms with E-state index in [1.165, 1.54) is 5.39 Å². The van der Waals surface area contributed by atoms with E-state index in [0.29, 0.717) is 18.2 Å². The van der Waals surface area contributed by atoms with Gasteiger partial charge in [-0.15, -0.1) is 10.2 Å². The normalized spacial score (nSPS) is 11.7. The Labute approximate surface area is 158 Å². The molecule has 135 valence electrons. The number of hydrogen-bond donors (Lipinski definition) is 0. The standard InChI is InChI=1S/C23H21N2O2/c1-4-23(2,3)27-20-13-11-17(12-14-20)21-24-25-22(26-21)19-10-9-16-7-5-6-8-18(16)15-19/h5-15H,1,4H2,2-3H3. The minimum absolute atomic E-state index is 0.296. The summed E-state index contributed by atoms with van der Waals surface area (Å²) < 4.78 is 11.8. The Morgan fingerprint density at radius 1 is 0.852 bits per heavy atom. The minimum Gasteiger partial charge on any atom is -0.488 e. The maximum Gasteiger partial charge on any atom is 0.248 e. The number of rotatable bonds is 5. The first-order chi connectivity index (χ1) is 13.0. The van der Waals surface area contributed by atoms with Crippen LogP contribution in [0.4, 0.5) is 0 Å². The highest BCUT2D eigenvalue weighted by molar-refractivity contribution is 5.86. The Morgan fingerprint density at radius 2 is 1.48 bits per heavy atom. The quantitative estimate of drug-likeness (QED) is 0.443. The molecule has 0 aliphatic rings. The fourth-order valence-electron chi connectivity index (χ4n) is 2.81. The molecule has 0 saturated carbocycles. The molecule has 1 radical (unpaired) electrons. The summed E-state index contributed by atoms with van der Waals surface area (Å²) in [5, 5.41) is 10.7. The fourth-order valence-corrected chi connectivity index (χ4v) is 2.81. The first-order valence-electron chi connectivity index (χ1n) is 8.95. The zero-order valence-corrected chi connectivity index (χ0v) is 15.5. The summed E-state index contributed by atoms with van der Waals surface area (Å²) in [6.45, 7) is 7.94. The van der Waals surface area contributed by atoms with E-state index in [1.54, 1.807) is 0 Å². The van der Waals surface area contributed by atoms with Gasteiger partial charge in [0.05, 0.1) is 0 Å². The molecule has 0 amide bonds. The van der Waals surface area contributed by atoms with Crippen LogP contribution < -0.4 is 4.74 Å². The predicted molar refractivity (Wildman–Crippen MR) is 107 cm³/mol. The highest BCUT2D eigenvalue weighted by Crippen LogP contribution is 2.28. The maximum atomic E-state index is 5.93. The first kappa shape index (κ1) is 17.3. The number of ether oxygens (including phenoxy) is 1. The van der Waals surface area contributed by atoms with Crippen molar-refractivity contribution in [1.29, 1.82) is 0 Å². The van der Waals surface area contributed by atoms with Crippen molar-refractivity contribution in [3.05, 3.63) is 73.7 Å². The van der Waals surface area contributed by atoms with Crippen LogP contribution in [0.15, 0.2) is 71.1 Å². The van der Waals surface area contributed by atoms with Gasteiger partial charge in [-0.3, -0.25) is 0 Å². The van der Waals surface area contributed by atoms with E-state index < -0.39 is 0 Å². The van der Waals surface area contributed by atoms with Gasteiger partial charge in [0, 0.05) is 11.1 Å². The van der Waals surface area contributed by atoms with E-state index in [1.807, 2.05) is 56.3 Å². The van der Waals surface area contributed by atoms with Crippen molar-refractivity contribution in [3.63, 3.8) is 0 Å². The molecule has 0 aliphatic heterocycles. The van der Waals surface area contributed by atoms with Crippen LogP contribution in [-0.4, -0.2) is 15.8 Å². The Kier molecular flexibility index (Phi) is 4.40. The van der Waals surface area contributed by atoms with Crippen LogP contribution in [0.5, 0.6) is 5.75 Å². The summed E-state index contributed by atoms with van der Waals surface area (Å²) in [5.74, 6) is 1.79. The molecule has 3 aromatic carbocycles. The topological polar surface area (TPSA) is 48.2 Å². The average Bonchev–Trinajstić information content (AvgIpc) is 3.18. The molecule has 0 aliphatic carbocycles. The number of hydrogen-bond acceptors (Lipinski definition) is 4. The predicted octanol–water partition coefficient (Wildman–Crippen LogP) is 5.94. The average molecular weight is 357 g/mol. The van der Waals surface area contributed by atoms with Crippen LogP contribution >= 0.6 is 0 Å². The van der Waals surface area contributed by atoms with Crippen LogP contribution in [0, 0.1) is 6.92 Å². The third-order valence-corrected chi connectivity index (χ3v) is 4.52. The van der Waals surface area contributed by atoms with Gasteiger partial charge in [0.1, 0.15) is 11.4 Å². The first-order valence-corrected chi connectivity index (χ1v) is 8.95. The summed E-state index contributed by atoms with van der Waals surface area (Å²) in [6, 6.07) is 22.0. The SMILES string of the molecule is [CH2]CC(C)(C)Oc1ccc(-c2nnc(-c3ccc4ccccc4c3)o2)cc1. The highest BCUT2D eigenvalue weighted by atomic mass is 16.5. The zero-order valence-electron chi connectivity index (χ0n) is 15.5. The molecule has 0 N–H and O–H groups in total. The highest BCUT2D eigenvalue weighted by Gasteiger charge is 2.17. The Hall–Kier alpha value is -3.14. The van der Waals surface area contributed by atoms with Crippen LogP contribution in [-0.2, 0) is 0 Å². The van der Waals surface area contributed by atoms with Crippen molar-refractivity contribution in [2.45, 2.75) is 25.9 Å². The third-order valence-electron chi connectivity index (χ3n) is 4.52. The van der Waals surface area contributed by atoms with E-state index in [2.05, 4.69) is 41.4 Å². The summed E-state index contributed by atoms with van der Waals surface area (Å²) in [6.07, 6.45) is 0.688. The van der Waals surface area contributed by atoms with Crippen LogP contribution in [0.2, 0.25) is 0 Å². The van der Waals surface area contributed by atoms with Crippen molar-refractivity contribution in [1.82, 2.24) is 10.2 Å². The van der Waals surface area contributed by atoms with Gasteiger partial charge < -0.3 is 9.15 Å². The van der Waals surface area contributed by atoms with Gasteiger partial charge in [0.2, 0.25) is 11.8 Å². The molecule has 27 heavy (non-hydrogen) atoms. The molecular formula is C23H21N2O2. The number of benzene rings is 3. The summed E-state index contributed by atoms with van der Waals surface area (Å²) in [4.78, 5) is 0. The van der Waals surface area contributed by atoms with Crippen LogP contribution in [0.25, 0.3) is 33.7 Å². The number of nitrogens with zero attached hydrogens (tertiary/aromatic N) is 2. The van der Waals surface area contributed by atoms with Gasteiger partial charge in [-0.1, -0.05) is 30.3 Å². The molecule has 0 saturated heterocycles. The largest absolute Gasteiger partial charge is 0.488 e. The summed E-state index contributed by atoms with van der Waals surface area (Å²) in [5.41, 5.74) is 1.47. The molecule has 0 unspecified atom stereocenters. The smallest absolute Gasteiger partial charge is 0.248 e. The summed E-state index contributed by atoms with van der Waals surface area (Å²) in [7, 11) is 0. The van der Waals surface area contributed by atoms with Crippen molar-refractivity contribution in [3.8, 4) is 28.7 Å². The van der Waals surface area contributed by atoms with Crippen molar-refractivity contribution < 1.29 is 9.15 Å². The van der Waals surface area contributed by atoms with Gasteiger partial charge in [-0.2, -0.15) is 0 Å². The molecule has 0 atom stereocenters. The second kappa shape index (κ2) is 6.88. The van der Waals surface area contributed by atoms with Crippen LogP contribution in [0.3, 0.4) is 0 Å². The monoisotopic (exact) mass is 357 g/mol. The molecule has 1 aromatic heterocycles. The second-order valence-electron chi connectivity index (χ2n) is 7.11. The lowest BCUT2D eigenvalue weighted by molar-refractivity contribution is 0.112. The Balaban J connectivity index is 1.58. The van der Waals surface area contributed by atoms with Gasteiger partial charge >= 0.3 is 0 Å². The van der Waals surface area contributed by atoms with Gasteiger partial charge in [-0.25, -0.2) is 0 Å². The lowest BCUT2D eigenvalue weighted by Gasteiger charge is -2.24. The Morgan fingerprint density at radius 3 is 2.19 bits per heavy atom. The molecule has 0 bridgehead atoms. The van der Waals surface area contributed by atoms with E-state index in [0.717, 1.165) is 22.3 Å². The second-order valence-corrected chi connectivity index (χ2v) is 7.11. The Bertz CT molecular complexity index is 1070. The molecule has 4 aromatic rings. The van der Waals surface area contributed by atoms with E-state index in [-0.39, 0.29) is 5.60 Å². The van der Waals surface area contributed by atoms with Crippen LogP contribution in [0.1, 0.15) is 20.3 Å². The molecular weight excluding hydrogens is 336 g/mol. The van der Waals surface area contributed by atoms with Crippen molar-refractivity contribution in [2.75, 3.05) is 0 Å². The lowest BCUT2D eigenvalue weighted by Crippen LogP contribution is -2.26. The number of aromatic nitrogens is 2. The molecule has 4 heteroatoms. The molecule has 0 spiro atoms. The zero-order chi connectivity index (χ0) is 18.9. The number of fused-ring (bicyclic) bond motifs is 1. The van der Waals surface area contributed by atoms with Crippen molar-refractivity contribution >= 4 is 10.8 Å². The van der Waals surface area contributed by atoms with E-state index >= 15 is 0 Å². The van der Waals surface area contributed by atoms with Gasteiger partial charge in [0.15, 0.2) is 0 Å². The fraction of sp³-hybridized carbons (Fsp3) is 0.174. The molecule has 4 nitrogen and oxygen atoms in total. The van der Waals surface area contributed by atoms with Crippen molar-refractivity contribution in [2.24, 2.45) is 0 Å². The van der Waals surface area contributed by atoms with Gasteiger partial charge in [-0.05, 0) is 74.4 Å². The maximum absolute atomic E-state index is 5.93.